The number of nitrogens with zero attached hydrogens (tertiary/aromatic N) is 3. The van der Waals surface area contributed by atoms with Crippen molar-refractivity contribution in [2.75, 3.05) is 31.2 Å². The van der Waals surface area contributed by atoms with Crippen LogP contribution in [-0.4, -0.2) is 36.1 Å². The molecular formula is C19H19N3O. The van der Waals surface area contributed by atoms with Crippen LogP contribution in [0.25, 0.3) is 16.9 Å². The van der Waals surface area contributed by atoms with Crippen molar-refractivity contribution in [1.29, 1.82) is 0 Å². The largest absolute Gasteiger partial charge is 0.378 e. The third kappa shape index (κ3) is 2.85. The lowest BCUT2D eigenvalue weighted by atomic mass is 10.1. The minimum atomic E-state index is 0.763. The Bertz CT molecular complexity index is 705. The number of ether oxygens (including phenoxy) is 1. The van der Waals surface area contributed by atoms with E-state index in [0.29, 0.717) is 0 Å². The summed E-state index contributed by atoms with van der Waals surface area (Å²) in [5.74, 6) is 1.01. The fraction of sp³-hybridized carbons (Fsp3) is 0.211. The smallest absolute Gasteiger partial charge is 0.151 e. The first-order valence-corrected chi connectivity index (χ1v) is 7.95. The number of hydrogen-bond acceptors (Lipinski definition) is 3. The molecule has 1 saturated heterocycles. The van der Waals surface area contributed by atoms with Gasteiger partial charge in [0.15, 0.2) is 5.82 Å². The van der Waals surface area contributed by atoms with Gasteiger partial charge in [-0.1, -0.05) is 48.5 Å². The van der Waals surface area contributed by atoms with E-state index in [1.807, 2.05) is 28.9 Å². The Balaban J connectivity index is 1.81. The molecule has 0 atom stereocenters. The lowest BCUT2D eigenvalue weighted by molar-refractivity contribution is 0.122. The number of hydrogen-bond donors (Lipinski definition) is 0. The summed E-state index contributed by atoms with van der Waals surface area (Å²) in [6, 6.07) is 22.9. The zero-order valence-corrected chi connectivity index (χ0v) is 12.9. The molecule has 0 spiro atoms. The molecular weight excluding hydrogens is 286 g/mol. The van der Waals surface area contributed by atoms with Gasteiger partial charge in [-0.25, -0.2) is 4.68 Å². The third-order valence-corrected chi connectivity index (χ3v) is 4.10. The summed E-state index contributed by atoms with van der Waals surface area (Å²) in [5, 5.41) is 4.87. The van der Waals surface area contributed by atoms with Crippen LogP contribution in [0.5, 0.6) is 0 Å². The van der Waals surface area contributed by atoms with Gasteiger partial charge in [0.1, 0.15) is 0 Å². The van der Waals surface area contributed by atoms with Gasteiger partial charge < -0.3 is 9.64 Å². The monoisotopic (exact) mass is 305 g/mol. The molecule has 3 aromatic rings. The maximum atomic E-state index is 5.45. The molecule has 2 heterocycles. The number of anilines is 1. The average Bonchev–Trinajstić information content (AvgIpc) is 3.09. The normalized spacial score (nSPS) is 14.9. The van der Waals surface area contributed by atoms with Crippen LogP contribution in [0.2, 0.25) is 0 Å². The number of benzene rings is 2. The summed E-state index contributed by atoms with van der Waals surface area (Å²) < 4.78 is 7.48. The van der Waals surface area contributed by atoms with E-state index >= 15 is 0 Å². The van der Waals surface area contributed by atoms with Gasteiger partial charge in [0.2, 0.25) is 0 Å². The van der Waals surface area contributed by atoms with Crippen molar-refractivity contribution in [3.05, 3.63) is 66.7 Å². The second kappa shape index (κ2) is 6.26. The number of aromatic nitrogens is 2. The predicted molar refractivity (Wildman–Crippen MR) is 92.0 cm³/mol. The van der Waals surface area contributed by atoms with Crippen LogP contribution in [0, 0.1) is 0 Å². The van der Waals surface area contributed by atoms with E-state index in [1.165, 1.54) is 5.56 Å². The number of para-hydroxylation sites is 1. The highest BCUT2D eigenvalue weighted by molar-refractivity contribution is 5.66. The molecule has 23 heavy (non-hydrogen) atoms. The van der Waals surface area contributed by atoms with Gasteiger partial charge in [-0.2, -0.15) is 0 Å². The standard InChI is InChI=1S/C19H19N3O/c1-3-7-16(8-4-1)18-15-19(21-11-13-23-14-12-21)20-22(18)17-9-5-2-6-10-17/h1-10,15H,11-14H2. The highest BCUT2D eigenvalue weighted by Crippen LogP contribution is 2.27. The van der Waals surface area contributed by atoms with Gasteiger partial charge in [-0.3, -0.25) is 0 Å². The van der Waals surface area contributed by atoms with Gasteiger partial charge in [0.05, 0.1) is 24.6 Å². The first kappa shape index (κ1) is 14.0. The summed E-state index contributed by atoms with van der Waals surface area (Å²) in [4.78, 5) is 2.29. The molecule has 116 valence electrons. The Morgan fingerprint density at radius 2 is 1.48 bits per heavy atom. The Kier molecular flexibility index (Phi) is 3.82. The lowest BCUT2D eigenvalue weighted by Crippen LogP contribution is -2.36. The van der Waals surface area contributed by atoms with E-state index in [0.717, 1.165) is 43.5 Å². The van der Waals surface area contributed by atoms with Crippen LogP contribution in [0.4, 0.5) is 5.82 Å². The molecule has 0 amide bonds. The number of morpholine rings is 1. The zero-order valence-electron chi connectivity index (χ0n) is 12.9. The zero-order chi connectivity index (χ0) is 15.5. The molecule has 0 radical (unpaired) electrons. The van der Waals surface area contributed by atoms with Crippen molar-refractivity contribution in [2.24, 2.45) is 0 Å². The van der Waals surface area contributed by atoms with Crippen LogP contribution >= 0.6 is 0 Å². The Morgan fingerprint density at radius 1 is 0.826 bits per heavy atom. The molecule has 1 fully saturated rings. The van der Waals surface area contributed by atoms with E-state index in [4.69, 9.17) is 9.84 Å². The first-order valence-electron chi connectivity index (χ1n) is 7.95. The van der Waals surface area contributed by atoms with E-state index < -0.39 is 0 Å². The van der Waals surface area contributed by atoms with Crippen molar-refractivity contribution in [2.45, 2.75) is 0 Å². The summed E-state index contributed by atoms with van der Waals surface area (Å²) >= 11 is 0. The molecule has 4 nitrogen and oxygen atoms in total. The number of rotatable bonds is 3. The fourth-order valence-corrected chi connectivity index (χ4v) is 2.90. The fourth-order valence-electron chi connectivity index (χ4n) is 2.90. The maximum Gasteiger partial charge on any atom is 0.151 e. The van der Waals surface area contributed by atoms with Gasteiger partial charge in [0, 0.05) is 24.7 Å². The molecule has 4 heteroatoms. The van der Waals surface area contributed by atoms with Crippen molar-refractivity contribution in [3.8, 4) is 16.9 Å². The van der Waals surface area contributed by atoms with Crippen LogP contribution < -0.4 is 4.90 Å². The van der Waals surface area contributed by atoms with E-state index in [-0.39, 0.29) is 0 Å². The molecule has 0 bridgehead atoms. The van der Waals surface area contributed by atoms with E-state index in [2.05, 4.69) is 47.4 Å². The van der Waals surface area contributed by atoms with Crippen LogP contribution in [0.1, 0.15) is 0 Å². The first-order chi connectivity index (χ1) is 11.4. The quantitative estimate of drug-likeness (QED) is 0.743. The summed E-state index contributed by atoms with van der Waals surface area (Å²) in [6.45, 7) is 3.30. The maximum absolute atomic E-state index is 5.45. The minimum absolute atomic E-state index is 0.763. The minimum Gasteiger partial charge on any atom is -0.378 e. The topological polar surface area (TPSA) is 30.3 Å². The van der Waals surface area contributed by atoms with Crippen molar-refractivity contribution in [3.63, 3.8) is 0 Å². The molecule has 0 unspecified atom stereocenters. The Morgan fingerprint density at radius 3 is 2.17 bits per heavy atom. The molecule has 2 aromatic carbocycles. The van der Waals surface area contributed by atoms with Crippen LogP contribution in [-0.2, 0) is 4.74 Å². The second-order valence-electron chi connectivity index (χ2n) is 5.60. The van der Waals surface area contributed by atoms with E-state index in [1.54, 1.807) is 0 Å². The average molecular weight is 305 g/mol. The van der Waals surface area contributed by atoms with E-state index in [9.17, 15) is 0 Å². The van der Waals surface area contributed by atoms with Gasteiger partial charge in [-0.05, 0) is 12.1 Å². The highest BCUT2D eigenvalue weighted by atomic mass is 16.5. The van der Waals surface area contributed by atoms with Crippen molar-refractivity contribution >= 4 is 5.82 Å². The summed E-state index contributed by atoms with van der Waals surface area (Å²) in [6.07, 6.45) is 0. The van der Waals surface area contributed by atoms with Crippen molar-refractivity contribution < 1.29 is 4.74 Å². The highest BCUT2D eigenvalue weighted by Gasteiger charge is 2.18. The predicted octanol–water partition coefficient (Wildman–Crippen LogP) is 3.38. The molecule has 1 aliphatic heterocycles. The Hall–Kier alpha value is -2.59. The van der Waals surface area contributed by atoms with Gasteiger partial charge >= 0.3 is 0 Å². The second-order valence-corrected chi connectivity index (χ2v) is 5.60. The lowest BCUT2D eigenvalue weighted by Gasteiger charge is -2.26. The third-order valence-electron chi connectivity index (χ3n) is 4.10. The molecule has 0 aliphatic carbocycles. The van der Waals surface area contributed by atoms with Gasteiger partial charge in [0.25, 0.3) is 0 Å². The van der Waals surface area contributed by atoms with Crippen LogP contribution in [0.15, 0.2) is 66.7 Å². The summed E-state index contributed by atoms with van der Waals surface area (Å²) in [7, 11) is 0. The molecule has 1 aromatic heterocycles. The molecule has 1 aliphatic rings. The molecule has 4 rings (SSSR count). The summed E-state index contributed by atoms with van der Waals surface area (Å²) in [5.41, 5.74) is 3.35. The van der Waals surface area contributed by atoms with Crippen LogP contribution in [0.3, 0.4) is 0 Å². The molecule has 0 N–H and O–H groups in total. The van der Waals surface area contributed by atoms with Gasteiger partial charge in [-0.15, -0.1) is 5.10 Å². The Labute approximate surface area is 135 Å². The molecule has 0 saturated carbocycles. The van der Waals surface area contributed by atoms with Crippen molar-refractivity contribution in [1.82, 2.24) is 9.78 Å². The SMILES string of the molecule is c1ccc(-c2cc(N3CCOCC3)nn2-c2ccccc2)cc1.